The molecule has 2 rings (SSSR count). The first-order valence-electron chi connectivity index (χ1n) is 9.10. The minimum Gasteiger partial charge on any atom is -0.487 e. The number of alkyl halides is 3. The summed E-state index contributed by atoms with van der Waals surface area (Å²) in [5.74, 6) is 1.15. The minimum atomic E-state index is -4.38. The van der Waals surface area contributed by atoms with Crippen LogP contribution in [-0.4, -0.2) is 18.7 Å². The number of hydrogen-bond donors (Lipinski definition) is 0. The summed E-state index contributed by atoms with van der Waals surface area (Å²) >= 11 is 0. The molecular weight excluding hydrogens is 385 g/mol. The number of carbonyl (C=O) groups excluding carboxylic acids is 1. The van der Waals surface area contributed by atoms with Crippen LogP contribution in [0.1, 0.15) is 26.3 Å². The van der Waals surface area contributed by atoms with Crippen molar-refractivity contribution in [2.75, 3.05) is 6.61 Å². The van der Waals surface area contributed by atoms with E-state index in [9.17, 15) is 18.0 Å². The maximum absolute atomic E-state index is 12.6. The summed E-state index contributed by atoms with van der Waals surface area (Å²) in [6.07, 6.45) is -1.82. The quantitative estimate of drug-likeness (QED) is 0.396. The van der Waals surface area contributed by atoms with Crippen molar-refractivity contribution < 1.29 is 32.2 Å². The van der Waals surface area contributed by atoms with Crippen molar-refractivity contribution in [3.8, 4) is 17.2 Å². The molecule has 0 fully saturated rings. The third kappa shape index (κ3) is 7.89. The van der Waals surface area contributed by atoms with Gasteiger partial charge in [-0.1, -0.05) is 13.8 Å². The Kier molecular flexibility index (Phi) is 7.70. The van der Waals surface area contributed by atoms with E-state index in [1.807, 2.05) is 13.8 Å². The lowest BCUT2D eigenvalue weighted by atomic mass is 10.2. The predicted molar refractivity (Wildman–Crippen MR) is 103 cm³/mol. The van der Waals surface area contributed by atoms with E-state index in [0.717, 1.165) is 12.1 Å². The number of benzene rings is 2. The van der Waals surface area contributed by atoms with Gasteiger partial charge in [0.05, 0.1) is 12.2 Å². The Hall–Kier alpha value is -2.96. The van der Waals surface area contributed by atoms with Gasteiger partial charge in [-0.25, -0.2) is 4.79 Å². The Labute approximate surface area is 167 Å². The zero-order valence-electron chi connectivity index (χ0n) is 16.4. The smallest absolute Gasteiger partial charge is 0.416 e. The molecule has 0 radical (unpaired) electrons. The highest BCUT2D eigenvalue weighted by atomic mass is 19.4. The first-order chi connectivity index (χ1) is 13.6. The summed E-state index contributed by atoms with van der Waals surface area (Å²) in [4.78, 5) is 11.6. The van der Waals surface area contributed by atoms with Gasteiger partial charge in [-0.15, -0.1) is 0 Å². The molecule has 0 aliphatic carbocycles. The van der Waals surface area contributed by atoms with Crippen molar-refractivity contribution in [2.45, 2.75) is 33.1 Å². The minimum absolute atomic E-state index is 0.268. The summed E-state index contributed by atoms with van der Waals surface area (Å²) in [7, 11) is 0. The van der Waals surface area contributed by atoms with Crippen LogP contribution < -0.4 is 9.47 Å². The molecule has 156 valence electrons. The lowest BCUT2D eigenvalue weighted by Gasteiger charge is -2.12. The number of ether oxygens (including phenoxy) is 3. The van der Waals surface area contributed by atoms with Gasteiger partial charge in [0.1, 0.15) is 23.4 Å². The van der Waals surface area contributed by atoms with Crippen LogP contribution in [0, 0.1) is 5.92 Å². The fourth-order valence-electron chi connectivity index (χ4n) is 2.20. The van der Waals surface area contributed by atoms with E-state index >= 15 is 0 Å². The van der Waals surface area contributed by atoms with Gasteiger partial charge in [0.2, 0.25) is 0 Å². The monoisotopic (exact) mass is 408 g/mol. The third-order valence-electron chi connectivity index (χ3n) is 3.63. The standard InChI is InChI=1S/C22H23F3O4/c1-15(2)14-27-21(26)13-4-16(3)28-18-9-11-20(12-10-18)29-19-7-5-17(6-8-19)22(23,24)25/h4-13,15-16H,14H2,1-3H3/b13-4+. The highest BCUT2D eigenvalue weighted by Gasteiger charge is 2.30. The normalized spacial score (nSPS) is 12.8. The Bertz CT molecular complexity index is 809. The molecule has 0 N–H and O–H groups in total. The maximum atomic E-state index is 12.6. The van der Waals surface area contributed by atoms with Gasteiger partial charge in [0.15, 0.2) is 0 Å². The molecule has 2 aromatic carbocycles. The molecule has 0 bridgehead atoms. The molecule has 29 heavy (non-hydrogen) atoms. The Morgan fingerprint density at radius 1 is 0.931 bits per heavy atom. The second-order valence-electron chi connectivity index (χ2n) is 6.80. The zero-order valence-corrected chi connectivity index (χ0v) is 16.4. The lowest BCUT2D eigenvalue weighted by Crippen LogP contribution is -2.11. The number of carbonyl (C=O) groups is 1. The van der Waals surface area contributed by atoms with Crippen LogP contribution in [0.5, 0.6) is 17.2 Å². The Morgan fingerprint density at radius 2 is 1.45 bits per heavy atom. The largest absolute Gasteiger partial charge is 0.487 e. The molecule has 1 atom stereocenters. The topological polar surface area (TPSA) is 44.8 Å². The average Bonchev–Trinajstić information content (AvgIpc) is 2.66. The molecule has 0 amide bonds. The Balaban J connectivity index is 1.87. The van der Waals surface area contributed by atoms with Crippen LogP contribution >= 0.6 is 0 Å². The van der Waals surface area contributed by atoms with E-state index in [1.165, 1.54) is 18.2 Å². The van der Waals surface area contributed by atoms with Crippen LogP contribution in [0.15, 0.2) is 60.7 Å². The molecule has 0 aliphatic rings. The fourth-order valence-corrected chi connectivity index (χ4v) is 2.20. The molecule has 7 heteroatoms. The van der Waals surface area contributed by atoms with E-state index < -0.39 is 17.7 Å². The lowest BCUT2D eigenvalue weighted by molar-refractivity contribution is -0.139. The second-order valence-corrected chi connectivity index (χ2v) is 6.80. The van der Waals surface area contributed by atoms with Gasteiger partial charge in [-0.3, -0.25) is 0 Å². The van der Waals surface area contributed by atoms with Crippen molar-refractivity contribution >= 4 is 5.97 Å². The fraction of sp³-hybridized carbons (Fsp3) is 0.318. The predicted octanol–water partition coefficient (Wildman–Crippen LogP) is 6.02. The summed E-state index contributed by atoms with van der Waals surface area (Å²) in [5.41, 5.74) is -0.733. The molecule has 0 spiro atoms. The van der Waals surface area contributed by atoms with Crippen LogP contribution in [0.4, 0.5) is 13.2 Å². The molecule has 4 nitrogen and oxygen atoms in total. The van der Waals surface area contributed by atoms with Crippen LogP contribution in [0.3, 0.4) is 0 Å². The molecule has 0 heterocycles. The van der Waals surface area contributed by atoms with Crippen LogP contribution in [0.25, 0.3) is 0 Å². The third-order valence-corrected chi connectivity index (χ3v) is 3.63. The van der Waals surface area contributed by atoms with Crippen molar-refractivity contribution in [1.82, 2.24) is 0 Å². The van der Waals surface area contributed by atoms with Gasteiger partial charge in [-0.2, -0.15) is 13.2 Å². The molecule has 0 saturated heterocycles. The maximum Gasteiger partial charge on any atom is 0.416 e. The van der Waals surface area contributed by atoms with E-state index in [-0.39, 0.29) is 12.0 Å². The summed E-state index contributed by atoms with van der Waals surface area (Å²) < 4.78 is 54.0. The van der Waals surface area contributed by atoms with Gasteiger partial charge < -0.3 is 14.2 Å². The molecule has 1 unspecified atom stereocenters. The number of rotatable bonds is 8. The van der Waals surface area contributed by atoms with Crippen LogP contribution in [0.2, 0.25) is 0 Å². The summed E-state index contributed by atoms with van der Waals surface area (Å²) in [6.45, 7) is 6.04. The highest BCUT2D eigenvalue weighted by Crippen LogP contribution is 2.31. The number of esters is 1. The van der Waals surface area contributed by atoms with Crippen molar-refractivity contribution in [3.05, 3.63) is 66.2 Å². The van der Waals surface area contributed by atoms with Crippen LogP contribution in [-0.2, 0) is 15.7 Å². The van der Waals surface area contributed by atoms with E-state index in [4.69, 9.17) is 14.2 Å². The summed E-state index contributed by atoms with van der Waals surface area (Å²) in [5, 5.41) is 0. The average molecular weight is 408 g/mol. The molecule has 0 saturated carbocycles. The SMILES string of the molecule is CC(C)COC(=O)/C=C/C(C)Oc1ccc(Oc2ccc(C(F)(F)F)cc2)cc1. The molecule has 2 aromatic rings. The molecule has 0 aliphatic heterocycles. The van der Waals surface area contributed by atoms with Gasteiger partial charge in [0, 0.05) is 6.08 Å². The second kappa shape index (κ2) is 10.0. The van der Waals surface area contributed by atoms with E-state index in [2.05, 4.69) is 0 Å². The first-order valence-corrected chi connectivity index (χ1v) is 9.10. The van der Waals surface area contributed by atoms with Gasteiger partial charge in [-0.05, 0) is 67.4 Å². The molecule has 0 aromatic heterocycles. The van der Waals surface area contributed by atoms with Crippen molar-refractivity contribution in [2.24, 2.45) is 5.92 Å². The van der Waals surface area contributed by atoms with Crippen molar-refractivity contribution in [3.63, 3.8) is 0 Å². The first kappa shape index (κ1) is 22.3. The molecular formula is C22H23F3O4. The van der Waals surface area contributed by atoms with E-state index in [0.29, 0.717) is 23.9 Å². The zero-order chi connectivity index (χ0) is 21.4. The van der Waals surface area contributed by atoms with E-state index in [1.54, 1.807) is 37.3 Å². The van der Waals surface area contributed by atoms with Crippen molar-refractivity contribution in [1.29, 1.82) is 0 Å². The Morgan fingerprint density at radius 3 is 1.97 bits per heavy atom. The number of halogens is 3. The number of hydrogen-bond acceptors (Lipinski definition) is 4. The van der Waals surface area contributed by atoms with Gasteiger partial charge in [0.25, 0.3) is 0 Å². The summed E-state index contributed by atoms with van der Waals surface area (Å²) in [6, 6.07) is 11.1. The highest BCUT2D eigenvalue weighted by molar-refractivity contribution is 5.81. The van der Waals surface area contributed by atoms with Gasteiger partial charge >= 0.3 is 12.1 Å².